The number of alkyl halides is 1. The lowest BCUT2D eigenvalue weighted by Gasteiger charge is -2.06. The first kappa shape index (κ1) is 11.8. The minimum atomic E-state index is -0.580. The molecule has 82 valence electrons. The lowest BCUT2D eigenvalue weighted by molar-refractivity contribution is 0.0495. The number of rotatable bonds is 4. The van der Waals surface area contributed by atoms with Crippen molar-refractivity contribution in [1.82, 2.24) is 0 Å². The Bertz CT molecular complexity index is 357. The molecule has 0 saturated carbocycles. The van der Waals surface area contributed by atoms with E-state index in [1.807, 2.05) is 0 Å². The van der Waals surface area contributed by atoms with Gasteiger partial charge in [0.05, 0.1) is 18.8 Å². The summed E-state index contributed by atoms with van der Waals surface area (Å²) in [6.07, 6.45) is 0.187. The highest BCUT2D eigenvalue weighted by Crippen LogP contribution is 2.18. The van der Waals surface area contributed by atoms with Crippen LogP contribution in [0.15, 0.2) is 18.2 Å². The number of benzene rings is 1. The van der Waals surface area contributed by atoms with E-state index in [1.54, 1.807) is 6.07 Å². The molecule has 0 saturated heterocycles. The van der Waals surface area contributed by atoms with Crippen LogP contribution in [0.1, 0.15) is 16.8 Å². The Morgan fingerprint density at radius 1 is 1.53 bits per heavy atom. The van der Waals surface area contributed by atoms with Crippen LogP contribution in [-0.2, 0) is 4.74 Å². The van der Waals surface area contributed by atoms with Crippen LogP contribution in [0.3, 0.4) is 0 Å². The zero-order valence-electron chi connectivity index (χ0n) is 8.00. The highest BCUT2D eigenvalue weighted by Gasteiger charge is 2.11. The number of nitrogen functional groups attached to an aromatic ring is 1. The van der Waals surface area contributed by atoms with Gasteiger partial charge in [0.2, 0.25) is 0 Å². The molecule has 0 aromatic heterocycles. The Balaban J connectivity index is 2.68. The van der Waals surface area contributed by atoms with Crippen molar-refractivity contribution >= 4 is 23.3 Å². The zero-order chi connectivity index (χ0) is 11.3. The van der Waals surface area contributed by atoms with E-state index in [0.29, 0.717) is 10.7 Å². The molecule has 0 aliphatic rings. The Morgan fingerprint density at radius 2 is 2.27 bits per heavy atom. The Hall–Kier alpha value is -1.29. The third-order valence-corrected chi connectivity index (χ3v) is 1.98. The van der Waals surface area contributed by atoms with Crippen molar-refractivity contribution in [3.8, 4) is 0 Å². The lowest BCUT2D eigenvalue weighted by Crippen LogP contribution is -2.09. The van der Waals surface area contributed by atoms with Crippen LogP contribution >= 0.6 is 11.6 Å². The molecule has 5 heteroatoms. The summed E-state index contributed by atoms with van der Waals surface area (Å²) < 4.78 is 16.5. The zero-order valence-corrected chi connectivity index (χ0v) is 8.76. The van der Waals surface area contributed by atoms with Crippen molar-refractivity contribution in [2.24, 2.45) is 0 Å². The predicted octanol–water partition coefficient (Wildman–Crippen LogP) is 2.44. The van der Waals surface area contributed by atoms with Crippen LogP contribution in [-0.4, -0.2) is 19.3 Å². The number of esters is 1. The molecular formula is C10H11ClFNO2. The molecule has 15 heavy (non-hydrogen) atoms. The summed E-state index contributed by atoms with van der Waals surface area (Å²) in [5.74, 6) is -0.580. The molecule has 1 rings (SSSR count). The van der Waals surface area contributed by atoms with Crippen molar-refractivity contribution in [1.29, 1.82) is 0 Å². The SMILES string of the molecule is Nc1ccc(Cl)cc1C(=O)OCCCF. The Labute approximate surface area is 92.0 Å². The monoisotopic (exact) mass is 231 g/mol. The quantitative estimate of drug-likeness (QED) is 0.492. The molecule has 0 fully saturated rings. The molecule has 2 N–H and O–H groups in total. The van der Waals surface area contributed by atoms with Crippen molar-refractivity contribution in [2.75, 3.05) is 19.0 Å². The molecule has 1 aromatic rings. The number of ether oxygens (including phenoxy) is 1. The van der Waals surface area contributed by atoms with E-state index in [2.05, 4.69) is 0 Å². The number of carbonyl (C=O) groups is 1. The maximum absolute atomic E-state index is 11.8. The number of anilines is 1. The average Bonchev–Trinajstić information content (AvgIpc) is 2.22. The molecule has 0 spiro atoms. The fourth-order valence-electron chi connectivity index (χ4n) is 1.00. The van der Waals surface area contributed by atoms with Gasteiger partial charge in [-0.25, -0.2) is 4.79 Å². The third kappa shape index (κ3) is 3.40. The van der Waals surface area contributed by atoms with Crippen LogP contribution in [0.4, 0.5) is 10.1 Å². The van der Waals surface area contributed by atoms with Gasteiger partial charge in [-0.3, -0.25) is 4.39 Å². The average molecular weight is 232 g/mol. The van der Waals surface area contributed by atoms with Gasteiger partial charge in [0.25, 0.3) is 0 Å². The summed E-state index contributed by atoms with van der Waals surface area (Å²) in [5.41, 5.74) is 6.07. The van der Waals surface area contributed by atoms with Gasteiger partial charge in [-0.2, -0.15) is 0 Å². The second kappa shape index (κ2) is 5.56. The van der Waals surface area contributed by atoms with E-state index >= 15 is 0 Å². The van der Waals surface area contributed by atoms with E-state index < -0.39 is 12.6 Å². The standard InChI is InChI=1S/C10H11ClFNO2/c11-7-2-3-9(13)8(6-7)10(14)15-5-1-4-12/h2-3,6H,1,4-5,13H2. The number of hydrogen-bond acceptors (Lipinski definition) is 3. The normalized spacial score (nSPS) is 10.0. The van der Waals surface area contributed by atoms with Gasteiger partial charge < -0.3 is 10.5 Å². The number of carbonyl (C=O) groups excluding carboxylic acids is 1. The first-order valence-corrected chi connectivity index (χ1v) is 4.81. The number of halogens is 2. The molecule has 0 amide bonds. The summed E-state index contributed by atoms with van der Waals surface area (Å²) >= 11 is 5.70. The van der Waals surface area contributed by atoms with E-state index in [-0.39, 0.29) is 18.6 Å². The van der Waals surface area contributed by atoms with Crippen LogP contribution < -0.4 is 5.73 Å². The molecule has 0 bridgehead atoms. The molecule has 0 aliphatic carbocycles. The smallest absolute Gasteiger partial charge is 0.340 e. The maximum atomic E-state index is 11.8. The van der Waals surface area contributed by atoms with E-state index in [0.717, 1.165) is 0 Å². The maximum Gasteiger partial charge on any atom is 0.340 e. The summed E-state index contributed by atoms with van der Waals surface area (Å²) in [7, 11) is 0. The van der Waals surface area contributed by atoms with E-state index in [4.69, 9.17) is 22.1 Å². The predicted molar refractivity (Wildman–Crippen MR) is 56.7 cm³/mol. The van der Waals surface area contributed by atoms with Crippen molar-refractivity contribution < 1.29 is 13.9 Å². The van der Waals surface area contributed by atoms with Crippen LogP contribution in [0.25, 0.3) is 0 Å². The summed E-state index contributed by atoms with van der Waals surface area (Å²) in [6, 6.07) is 4.53. The van der Waals surface area contributed by atoms with Crippen molar-refractivity contribution in [3.05, 3.63) is 28.8 Å². The second-order valence-electron chi connectivity index (χ2n) is 2.91. The molecular weight excluding hydrogens is 221 g/mol. The molecule has 1 aromatic carbocycles. The minimum absolute atomic E-state index is 0.0429. The summed E-state index contributed by atoms with van der Waals surface area (Å²) in [5, 5.41) is 0.404. The molecule has 0 unspecified atom stereocenters. The van der Waals surface area contributed by atoms with Crippen LogP contribution in [0.2, 0.25) is 5.02 Å². The van der Waals surface area contributed by atoms with Crippen LogP contribution in [0.5, 0.6) is 0 Å². The van der Waals surface area contributed by atoms with Crippen molar-refractivity contribution in [2.45, 2.75) is 6.42 Å². The topological polar surface area (TPSA) is 52.3 Å². The lowest BCUT2D eigenvalue weighted by atomic mass is 10.2. The first-order valence-electron chi connectivity index (χ1n) is 4.43. The van der Waals surface area contributed by atoms with Gasteiger partial charge in [-0.15, -0.1) is 0 Å². The van der Waals surface area contributed by atoms with E-state index in [9.17, 15) is 9.18 Å². The van der Waals surface area contributed by atoms with Gasteiger partial charge >= 0.3 is 5.97 Å². The van der Waals surface area contributed by atoms with Crippen molar-refractivity contribution in [3.63, 3.8) is 0 Å². The molecule has 0 heterocycles. The van der Waals surface area contributed by atoms with E-state index in [1.165, 1.54) is 12.1 Å². The van der Waals surface area contributed by atoms with Gasteiger partial charge in [0.15, 0.2) is 0 Å². The minimum Gasteiger partial charge on any atom is -0.462 e. The molecule has 0 radical (unpaired) electrons. The fourth-order valence-corrected chi connectivity index (χ4v) is 1.17. The van der Waals surface area contributed by atoms with Gasteiger partial charge in [0.1, 0.15) is 0 Å². The van der Waals surface area contributed by atoms with Gasteiger partial charge in [0, 0.05) is 17.1 Å². The fraction of sp³-hybridized carbons (Fsp3) is 0.300. The summed E-state index contributed by atoms with van der Waals surface area (Å²) in [6.45, 7) is -0.473. The third-order valence-electron chi connectivity index (χ3n) is 1.75. The first-order chi connectivity index (χ1) is 7.15. The Morgan fingerprint density at radius 3 is 2.93 bits per heavy atom. The highest BCUT2D eigenvalue weighted by molar-refractivity contribution is 6.31. The summed E-state index contributed by atoms with van der Waals surface area (Å²) in [4.78, 5) is 11.4. The van der Waals surface area contributed by atoms with Gasteiger partial charge in [-0.05, 0) is 18.2 Å². The largest absolute Gasteiger partial charge is 0.462 e. The highest BCUT2D eigenvalue weighted by atomic mass is 35.5. The number of hydrogen-bond donors (Lipinski definition) is 1. The number of nitrogens with two attached hydrogens (primary N) is 1. The molecule has 0 aliphatic heterocycles. The Kier molecular flexibility index (Phi) is 4.37. The second-order valence-corrected chi connectivity index (χ2v) is 3.35. The van der Waals surface area contributed by atoms with Crippen LogP contribution in [0, 0.1) is 0 Å². The molecule has 0 atom stereocenters. The van der Waals surface area contributed by atoms with Gasteiger partial charge in [-0.1, -0.05) is 11.6 Å². The molecule has 3 nitrogen and oxygen atoms in total.